The number of aromatic nitrogens is 2. The van der Waals surface area contributed by atoms with E-state index in [9.17, 15) is 19.7 Å². The first-order valence-electron chi connectivity index (χ1n) is 11.3. The van der Waals surface area contributed by atoms with E-state index in [1.807, 2.05) is 36.4 Å². The molecule has 182 valence electrons. The average molecular weight is 484 g/mol. The molecule has 4 rings (SSSR count). The maximum atomic E-state index is 12.6. The first-order valence-corrected chi connectivity index (χ1v) is 11.3. The summed E-state index contributed by atoms with van der Waals surface area (Å²) in [6, 6.07) is 23.3. The second-order valence-corrected chi connectivity index (χ2v) is 8.33. The zero-order valence-corrected chi connectivity index (χ0v) is 19.9. The Morgan fingerprint density at radius 2 is 1.61 bits per heavy atom. The Balaban J connectivity index is 1.36. The fourth-order valence-electron chi connectivity index (χ4n) is 3.87. The molecule has 0 atom stereocenters. The van der Waals surface area contributed by atoms with E-state index in [0.29, 0.717) is 34.7 Å². The number of carbonyl (C=O) groups is 2. The molecule has 0 aliphatic rings. The SMILES string of the molecule is Cc1nn(Cc2ccc(C(=O)NCc3cccc(C(=O)Nc4ccccc4)c3)cc2)c(C)c1[N+](=O)[O-]. The van der Waals surface area contributed by atoms with E-state index in [0.717, 1.165) is 11.1 Å². The van der Waals surface area contributed by atoms with Gasteiger partial charge in [-0.05, 0) is 61.4 Å². The number of anilines is 1. The van der Waals surface area contributed by atoms with Crippen molar-refractivity contribution in [2.24, 2.45) is 0 Å². The molecule has 2 N–H and O–H groups in total. The molecular formula is C27H25N5O4. The first-order chi connectivity index (χ1) is 17.3. The zero-order chi connectivity index (χ0) is 25.7. The van der Waals surface area contributed by atoms with Crippen molar-refractivity contribution in [1.29, 1.82) is 0 Å². The van der Waals surface area contributed by atoms with Crippen LogP contribution < -0.4 is 10.6 Å². The summed E-state index contributed by atoms with van der Waals surface area (Å²) in [7, 11) is 0. The van der Waals surface area contributed by atoms with Crippen LogP contribution in [-0.4, -0.2) is 26.5 Å². The Morgan fingerprint density at radius 3 is 2.28 bits per heavy atom. The molecule has 0 aliphatic carbocycles. The lowest BCUT2D eigenvalue weighted by Gasteiger charge is -2.09. The molecule has 0 spiro atoms. The number of hydrogen-bond acceptors (Lipinski definition) is 5. The molecule has 0 fully saturated rings. The summed E-state index contributed by atoms with van der Waals surface area (Å²) in [5.41, 5.74) is 4.23. The highest BCUT2D eigenvalue weighted by atomic mass is 16.6. The maximum absolute atomic E-state index is 12.6. The Morgan fingerprint density at radius 1 is 0.889 bits per heavy atom. The standard InChI is InChI=1S/C27H25N5O4/c1-18-25(32(35)36)19(2)31(30-18)17-20-11-13-22(14-12-20)26(33)28-16-21-7-6-8-23(15-21)27(34)29-24-9-4-3-5-10-24/h3-15H,16-17H2,1-2H3,(H,28,33)(H,29,34). The topological polar surface area (TPSA) is 119 Å². The lowest BCUT2D eigenvalue weighted by Crippen LogP contribution is -2.23. The molecular weight excluding hydrogens is 458 g/mol. The second kappa shape index (κ2) is 10.6. The molecule has 9 nitrogen and oxygen atoms in total. The molecule has 0 bridgehead atoms. The number of aryl methyl sites for hydroxylation is 1. The van der Waals surface area contributed by atoms with Crippen LogP contribution in [0.4, 0.5) is 11.4 Å². The molecule has 2 amide bonds. The molecule has 0 unspecified atom stereocenters. The van der Waals surface area contributed by atoms with E-state index in [-0.39, 0.29) is 24.0 Å². The third-order valence-corrected chi connectivity index (χ3v) is 5.75. The summed E-state index contributed by atoms with van der Waals surface area (Å²) in [5, 5.41) is 21.2. The van der Waals surface area contributed by atoms with Crippen molar-refractivity contribution in [1.82, 2.24) is 15.1 Å². The molecule has 36 heavy (non-hydrogen) atoms. The summed E-state index contributed by atoms with van der Waals surface area (Å²) in [6.07, 6.45) is 0. The third kappa shape index (κ3) is 5.64. The lowest BCUT2D eigenvalue weighted by atomic mass is 10.1. The van der Waals surface area contributed by atoms with Crippen LogP contribution in [0, 0.1) is 24.0 Å². The number of para-hydroxylation sites is 1. The fourth-order valence-corrected chi connectivity index (χ4v) is 3.87. The largest absolute Gasteiger partial charge is 0.348 e. The summed E-state index contributed by atoms with van der Waals surface area (Å²) >= 11 is 0. The second-order valence-electron chi connectivity index (χ2n) is 8.33. The van der Waals surface area contributed by atoms with Crippen LogP contribution >= 0.6 is 0 Å². The zero-order valence-electron chi connectivity index (χ0n) is 19.9. The van der Waals surface area contributed by atoms with Crippen molar-refractivity contribution in [3.8, 4) is 0 Å². The van der Waals surface area contributed by atoms with Crippen LogP contribution in [0.3, 0.4) is 0 Å². The van der Waals surface area contributed by atoms with Gasteiger partial charge in [0.1, 0.15) is 11.4 Å². The van der Waals surface area contributed by atoms with Gasteiger partial charge in [-0.25, -0.2) is 0 Å². The molecule has 3 aromatic carbocycles. The van der Waals surface area contributed by atoms with Crippen LogP contribution in [0.5, 0.6) is 0 Å². The fraction of sp³-hybridized carbons (Fsp3) is 0.148. The molecule has 0 aliphatic heterocycles. The van der Waals surface area contributed by atoms with Crippen molar-refractivity contribution in [2.75, 3.05) is 5.32 Å². The van der Waals surface area contributed by atoms with Gasteiger partial charge in [-0.3, -0.25) is 24.4 Å². The number of amides is 2. The molecule has 1 aromatic heterocycles. The Kier molecular flexibility index (Phi) is 7.20. The number of carbonyl (C=O) groups excluding carboxylic acids is 2. The van der Waals surface area contributed by atoms with E-state index in [2.05, 4.69) is 15.7 Å². The van der Waals surface area contributed by atoms with Crippen LogP contribution in [0.1, 0.15) is 43.2 Å². The molecule has 1 heterocycles. The molecule has 0 radical (unpaired) electrons. The minimum atomic E-state index is -0.424. The van der Waals surface area contributed by atoms with E-state index in [1.54, 1.807) is 61.0 Å². The van der Waals surface area contributed by atoms with Gasteiger partial charge in [-0.2, -0.15) is 5.10 Å². The number of nitro groups is 1. The monoisotopic (exact) mass is 483 g/mol. The Labute approximate surface area is 207 Å². The van der Waals surface area contributed by atoms with Crippen LogP contribution in [0.2, 0.25) is 0 Å². The maximum Gasteiger partial charge on any atom is 0.312 e. The van der Waals surface area contributed by atoms with Crippen molar-refractivity contribution in [3.63, 3.8) is 0 Å². The van der Waals surface area contributed by atoms with Crippen LogP contribution in [0.25, 0.3) is 0 Å². The van der Waals surface area contributed by atoms with E-state index < -0.39 is 4.92 Å². The molecule has 4 aromatic rings. The summed E-state index contributed by atoms with van der Waals surface area (Å²) in [5.74, 6) is -0.472. The highest BCUT2D eigenvalue weighted by Crippen LogP contribution is 2.22. The van der Waals surface area contributed by atoms with Crippen molar-refractivity contribution >= 4 is 23.2 Å². The molecule has 0 saturated carbocycles. The minimum absolute atomic E-state index is 0.0209. The normalized spacial score (nSPS) is 10.6. The minimum Gasteiger partial charge on any atom is -0.348 e. The molecule has 9 heteroatoms. The number of nitrogens with zero attached hydrogens (tertiary/aromatic N) is 3. The number of benzene rings is 3. The van der Waals surface area contributed by atoms with E-state index >= 15 is 0 Å². The summed E-state index contributed by atoms with van der Waals surface area (Å²) in [6.45, 7) is 3.91. The quantitative estimate of drug-likeness (QED) is 0.280. The highest BCUT2D eigenvalue weighted by Gasteiger charge is 2.21. The molecule has 0 saturated heterocycles. The first kappa shape index (κ1) is 24.3. The average Bonchev–Trinajstić information content (AvgIpc) is 3.16. The Hall–Kier alpha value is -4.79. The predicted molar refractivity (Wildman–Crippen MR) is 136 cm³/mol. The lowest BCUT2D eigenvalue weighted by molar-refractivity contribution is -0.386. The van der Waals surface area contributed by atoms with Gasteiger partial charge in [0, 0.05) is 23.4 Å². The highest BCUT2D eigenvalue weighted by molar-refractivity contribution is 6.04. The van der Waals surface area contributed by atoms with Crippen LogP contribution in [-0.2, 0) is 13.1 Å². The van der Waals surface area contributed by atoms with E-state index in [1.165, 1.54) is 0 Å². The number of hydrogen-bond donors (Lipinski definition) is 2. The van der Waals surface area contributed by atoms with Gasteiger partial charge in [-0.15, -0.1) is 0 Å². The Bertz CT molecular complexity index is 1410. The van der Waals surface area contributed by atoms with Crippen molar-refractivity contribution in [2.45, 2.75) is 26.9 Å². The predicted octanol–water partition coefficient (Wildman–Crippen LogP) is 4.64. The van der Waals surface area contributed by atoms with Crippen molar-refractivity contribution < 1.29 is 14.5 Å². The van der Waals surface area contributed by atoms with Gasteiger partial charge < -0.3 is 10.6 Å². The smallest absolute Gasteiger partial charge is 0.312 e. The van der Waals surface area contributed by atoms with Crippen molar-refractivity contribution in [3.05, 3.63) is 123 Å². The van der Waals surface area contributed by atoms with Crippen LogP contribution in [0.15, 0.2) is 78.9 Å². The van der Waals surface area contributed by atoms with Gasteiger partial charge in [-0.1, -0.05) is 42.5 Å². The van der Waals surface area contributed by atoms with E-state index in [4.69, 9.17) is 0 Å². The van der Waals surface area contributed by atoms with Gasteiger partial charge in [0.05, 0.1) is 11.5 Å². The van der Waals surface area contributed by atoms with Gasteiger partial charge in [0.25, 0.3) is 11.8 Å². The van der Waals surface area contributed by atoms with Gasteiger partial charge in [0.2, 0.25) is 0 Å². The number of rotatable bonds is 8. The van der Waals surface area contributed by atoms with Gasteiger partial charge >= 0.3 is 5.69 Å². The third-order valence-electron chi connectivity index (χ3n) is 5.75. The number of nitrogens with one attached hydrogen (secondary N) is 2. The summed E-state index contributed by atoms with van der Waals surface area (Å²) < 4.78 is 1.59. The van der Waals surface area contributed by atoms with Gasteiger partial charge in [0.15, 0.2) is 0 Å². The summed E-state index contributed by atoms with van der Waals surface area (Å²) in [4.78, 5) is 35.9.